The Kier molecular flexibility index (Phi) is 6.52. The van der Waals surface area contributed by atoms with Crippen molar-refractivity contribution >= 4 is 33.7 Å². The number of benzene rings is 3. The molecule has 2 aromatic heterocycles. The van der Waals surface area contributed by atoms with E-state index in [0.29, 0.717) is 16.9 Å². The lowest BCUT2D eigenvalue weighted by molar-refractivity contribution is -0.121. The van der Waals surface area contributed by atoms with E-state index < -0.39 is 5.76 Å². The van der Waals surface area contributed by atoms with Crippen molar-refractivity contribution in [3.63, 3.8) is 0 Å². The number of nitrogens with one attached hydrogen (secondary N) is 2. The van der Waals surface area contributed by atoms with Gasteiger partial charge in [-0.05, 0) is 42.7 Å². The van der Waals surface area contributed by atoms with Crippen molar-refractivity contribution in [1.82, 2.24) is 19.9 Å². The zero-order valence-corrected chi connectivity index (χ0v) is 19.1. The van der Waals surface area contributed by atoms with Crippen LogP contribution in [0, 0.1) is 0 Å². The van der Waals surface area contributed by atoms with Crippen molar-refractivity contribution < 1.29 is 9.21 Å². The fraction of sp³-hybridized carbons (Fsp3) is 0.185. The van der Waals surface area contributed by atoms with Crippen LogP contribution in [0.1, 0.15) is 17.8 Å². The fourth-order valence-electron chi connectivity index (χ4n) is 4.02. The third-order valence-corrected chi connectivity index (χ3v) is 5.75. The molecule has 8 nitrogen and oxygen atoms in total. The van der Waals surface area contributed by atoms with Crippen LogP contribution < -0.4 is 16.4 Å². The molecule has 5 rings (SSSR count). The third-order valence-electron chi connectivity index (χ3n) is 5.75. The largest absolute Gasteiger partial charge is 0.420 e. The Bertz CT molecular complexity index is 1520. The summed E-state index contributed by atoms with van der Waals surface area (Å²) in [6, 6.07) is 25.2. The molecule has 0 aliphatic carbocycles. The molecular formula is C27H25N5O3. The number of para-hydroxylation sites is 3. The molecule has 0 aliphatic heterocycles. The van der Waals surface area contributed by atoms with Gasteiger partial charge in [-0.15, -0.1) is 0 Å². The molecule has 0 aliphatic rings. The van der Waals surface area contributed by atoms with Gasteiger partial charge in [-0.3, -0.25) is 9.36 Å². The first-order chi connectivity index (χ1) is 17.2. The standard InChI is InChI=1S/C27H25N5O3/c33-25(18-32-22-14-6-7-15-23(22)35-27(32)34)29-17-24-30-21-13-5-4-12-20(21)26(31-24)28-16-8-11-19-9-2-1-3-10-19/h1-7,9-10,12-15H,8,11,16-18H2,(H,29,33)(H,28,30,31). The predicted molar refractivity (Wildman–Crippen MR) is 135 cm³/mol. The molecule has 0 fully saturated rings. The van der Waals surface area contributed by atoms with Gasteiger partial charge in [0.1, 0.15) is 12.4 Å². The van der Waals surface area contributed by atoms with Crippen LogP contribution in [0.2, 0.25) is 0 Å². The van der Waals surface area contributed by atoms with Crippen molar-refractivity contribution in [2.75, 3.05) is 11.9 Å². The molecule has 0 spiro atoms. The Labute approximate surface area is 201 Å². The Morgan fingerprint density at radius 2 is 1.69 bits per heavy atom. The second-order valence-corrected chi connectivity index (χ2v) is 8.22. The van der Waals surface area contributed by atoms with Crippen LogP contribution in [0.3, 0.4) is 0 Å². The molecular weight excluding hydrogens is 442 g/mol. The Hall–Kier alpha value is -4.46. The molecule has 3 aromatic carbocycles. The van der Waals surface area contributed by atoms with Crippen LogP contribution in [0.4, 0.5) is 5.82 Å². The van der Waals surface area contributed by atoms with E-state index in [1.165, 1.54) is 10.1 Å². The van der Waals surface area contributed by atoms with E-state index in [9.17, 15) is 9.59 Å². The van der Waals surface area contributed by atoms with Crippen LogP contribution in [0.5, 0.6) is 0 Å². The minimum absolute atomic E-state index is 0.145. The van der Waals surface area contributed by atoms with E-state index in [1.807, 2.05) is 42.5 Å². The highest BCUT2D eigenvalue weighted by Crippen LogP contribution is 2.20. The summed E-state index contributed by atoms with van der Waals surface area (Å²) in [6.45, 7) is 0.763. The van der Waals surface area contributed by atoms with E-state index in [4.69, 9.17) is 4.42 Å². The van der Waals surface area contributed by atoms with Crippen molar-refractivity contribution in [3.05, 3.63) is 101 Å². The summed E-state index contributed by atoms with van der Waals surface area (Å²) in [7, 11) is 0. The predicted octanol–water partition coefficient (Wildman–Crippen LogP) is 3.90. The number of hydrogen-bond donors (Lipinski definition) is 2. The van der Waals surface area contributed by atoms with Gasteiger partial charge in [0.25, 0.3) is 0 Å². The maximum absolute atomic E-state index is 12.6. The van der Waals surface area contributed by atoms with Crippen LogP contribution >= 0.6 is 0 Å². The highest BCUT2D eigenvalue weighted by Gasteiger charge is 2.13. The molecule has 0 atom stereocenters. The maximum atomic E-state index is 12.6. The van der Waals surface area contributed by atoms with E-state index in [1.54, 1.807) is 24.3 Å². The fourth-order valence-corrected chi connectivity index (χ4v) is 4.02. The topological polar surface area (TPSA) is 102 Å². The van der Waals surface area contributed by atoms with Gasteiger partial charge in [0.05, 0.1) is 17.6 Å². The van der Waals surface area contributed by atoms with Gasteiger partial charge < -0.3 is 15.1 Å². The van der Waals surface area contributed by atoms with Gasteiger partial charge in [0, 0.05) is 11.9 Å². The maximum Gasteiger partial charge on any atom is 0.420 e. The van der Waals surface area contributed by atoms with E-state index >= 15 is 0 Å². The second kappa shape index (κ2) is 10.2. The number of oxazole rings is 1. The molecule has 0 saturated carbocycles. The SMILES string of the molecule is O=C(Cn1c(=O)oc2ccccc21)NCc1nc(NCCCc2ccccc2)c2ccccc2n1. The number of aromatic nitrogens is 3. The molecule has 0 bridgehead atoms. The number of aryl methyl sites for hydroxylation is 1. The first-order valence-electron chi connectivity index (χ1n) is 11.6. The van der Waals surface area contributed by atoms with Gasteiger partial charge >= 0.3 is 5.76 Å². The first-order valence-corrected chi connectivity index (χ1v) is 11.6. The number of amides is 1. The molecule has 0 saturated heterocycles. The van der Waals surface area contributed by atoms with Crippen molar-refractivity contribution in [2.45, 2.75) is 25.9 Å². The average Bonchev–Trinajstić information content (AvgIpc) is 3.20. The van der Waals surface area contributed by atoms with Gasteiger partial charge in [0.15, 0.2) is 11.4 Å². The number of fused-ring (bicyclic) bond motifs is 2. The number of carbonyl (C=O) groups is 1. The normalized spacial score (nSPS) is 11.1. The molecule has 0 unspecified atom stereocenters. The first kappa shape index (κ1) is 22.3. The van der Waals surface area contributed by atoms with Crippen molar-refractivity contribution in [2.24, 2.45) is 0 Å². The molecule has 35 heavy (non-hydrogen) atoms. The summed E-state index contributed by atoms with van der Waals surface area (Å²) in [5.41, 5.74) is 3.13. The van der Waals surface area contributed by atoms with Crippen LogP contribution in [0.25, 0.3) is 22.0 Å². The van der Waals surface area contributed by atoms with Crippen LogP contribution in [-0.2, 0) is 24.3 Å². The van der Waals surface area contributed by atoms with Gasteiger partial charge in [-0.2, -0.15) is 0 Å². The smallest absolute Gasteiger partial charge is 0.408 e. The van der Waals surface area contributed by atoms with Gasteiger partial charge in [-0.1, -0.05) is 54.6 Å². The Morgan fingerprint density at radius 3 is 2.57 bits per heavy atom. The average molecular weight is 468 g/mol. The number of rotatable bonds is 9. The minimum Gasteiger partial charge on any atom is -0.408 e. The summed E-state index contributed by atoms with van der Waals surface area (Å²) >= 11 is 0. The summed E-state index contributed by atoms with van der Waals surface area (Å²) in [6.07, 6.45) is 1.93. The molecule has 8 heteroatoms. The molecule has 1 amide bonds. The Morgan fingerprint density at radius 1 is 0.914 bits per heavy atom. The third kappa shape index (κ3) is 5.22. The second-order valence-electron chi connectivity index (χ2n) is 8.22. The summed E-state index contributed by atoms with van der Waals surface area (Å²) in [4.78, 5) is 34.0. The summed E-state index contributed by atoms with van der Waals surface area (Å²) < 4.78 is 6.51. The van der Waals surface area contributed by atoms with E-state index in [0.717, 1.165) is 36.1 Å². The van der Waals surface area contributed by atoms with Crippen LogP contribution in [0.15, 0.2) is 88.1 Å². The Balaban J connectivity index is 1.25. The van der Waals surface area contributed by atoms with Crippen molar-refractivity contribution in [3.8, 4) is 0 Å². The molecule has 176 valence electrons. The zero-order chi connectivity index (χ0) is 24.0. The summed E-state index contributed by atoms with van der Waals surface area (Å²) in [5, 5.41) is 7.17. The zero-order valence-electron chi connectivity index (χ0n) is 19.1. The lowest BCUT2D eigenvalue weighted by Crippen LogP contribution is -2.31. The van der Waals surface area contributed by atoms with E-state index in [-0.39, 0.29) is 19.0 Å². The quantitative estimate of drug-likeness (QED) is 0.319. The summed E-state index contributed by atoms with van der Waals surface area (Å²) in [5.74, 6) is 0.343. The molecule has 2 N–H and O–H groups in total. The monoisotopic (exact) mass is 467 g/mol. The van der Waals surface area contributed by atoms with Crippen molar-refractivity contribution in [1.29, 1.82) is 0 Å². The minimum atomic E-state index is -0.565. The lowest BCUT2D eigenvalue weighted by atomic mass is 10.1. The number of nitrogens with zero attached hydrogens (tertiary/aromatic N) is 3. The van der Waals surface area contributed by atoms with E-state index in [2.05, 4.69) is 32.7 Å². The molecule has 5 aromatic rings. The van der Waals surface area contributed by atoms with Gasteiger partial charge in [0.2, 0.25) is 5.91 Å². The highest BCUT2D eigenvalue weighted by atomic mass is 16.4. The lowest BCUT2D eigenvalue weighted by Gasteiger charge is -2.12. The van der Waals surface area contributed by atoms with Crippen LogP contribution in [-0.4, -0.2) is 27.0 Å². The number of carbonyl (C=O) groups excluding carboxylic acids is 1. The van der Waals surface area contributed by atoms with Gasteiger partial charge in [-0.25, -0.2) is 14.8 Å². The highest BCUT2D eigenvalue weighted by molar-refractivity contribution is 5.89. The number of anilines is 1. The molecule has 0 radical (unpaired) electrons. The number of hydrogen-bond acceptors (Lipinski definition) is 6. The molecule has 2 heterocycles.